The molecule has 1 aliphatic heterocycles. The lowest BCUT2D eigenvalue weighted by Gasteiger charge is -2.26. The number of rotatable bonds is 13. The molecule has 1 fully saturated rings. The second kappa shape index (κ2) is 15.6. The number of morpholine rings is 1. The molecule has 0 aromatic heterocycles. The van der Waals surface area contributed by atoms with Crippen molar-refractivity contribution in [3.8, 4) is 28.4 Å². The van der Waals surface area contributed by atoms with Crippen LogP contribution < -0.4 is 35.6 Å². The third-order valence-electron chi connectivity index (χ3n) is 7.89. The maximum absolute atomic E-state index is 13.4. The Kier molecular flexibility index (Phi) is 11.6. The topological polar surface area (TPSA) is 127 Å². The zero-order chi connectivity index (χ0) is 30.8. The maximum Gasteiger partial charge on any atom is 0.220 e. The van der Waals surface area contributed by atoms with Crippen LogP contribution in [0.2, 0.25) is 0 Å². The van der Waals surface area contributed by atoms with Crippen molar-refractivity contribution >= 4 is 17.5 Å². The number of hydrogen-bond acceptors (Lipinski definition) is 9. The molecular formula is C32H44N4O7. The van der Waals surface area contributed by atoms with Gasteiger partial charge in [0.05, 0.1) is 46.3 Å². The number of amides is 2. The van der Waals surface area contributed by atoms with Gasteiger partial charge in [-0.2, -0.15) is 0 Å². The van der Waals surface area contributed by atoms with E-state index in [1.54, 1.807) is 33.5 Å². The lowest BCUT2D eigenvalue weighted by molar-refractivity contribution is -0.121. The molecule has 2 amide bonds. The number of nitrogens with one attached hydrogen (secondary N) is 3. The van der Waals surface area contributed by atoms with Gasteiger partial charge in [-0.25, -0.2) is 0 Å². The number of carbonyl (C=O) groups is 2. The minimum Gasteiger partial charge on any atom is -0.493 e. The highest BCUT2D eigenvalue weighted by Crippen LogP contribution is 2.50. The van der Waals surface area contributed by atoms with Crippen LogP contribution >= 0.6 is 0 Å². The molecule has 0 radical (unpaired) electrons. The number of nitrogens with zero attached hydrogens (tertiary/aromatic N) is 1. The second-order valence-electron chi connectivity index (χ2n) is 10.8. The third kappa shape index (κ3) is 8.17. The van der Waals surface area contributed by atoms with Gasteiger partial charge in [0.1, 0.15) is 0 Å². The van der Waals surface area contributed by atoms with E-state index in [-0.39, 0.29) is 23.3 Å². The minimum absolute atomic E-state index is 0.00248. The van der Waals surface area contributed by atoms with Crippen LogP contribution in [0.4, 0.5) is 5.69 Å². The van der Waals surface area contributed by atoms with Crippen molar-refractivity contribution in [1.82, 2.24) is 15.5 Å². The highest BCUT2D eigenvalue weighted by atomic mass is 16.5. The van der Waals surface area contributed by atoms with Crippen molar-refractivity contribution in [2.75, 3.05) is 72.6 Å². The summed E-state index contributed by atoms with van der Waals surface area (Å²) in [5.74, 6) is 1.33. The summed E-state index contributed by atoms with van der Waals surface area (Å²) in [6.07, 6.45) is 3.07. The number of hydrogen-bond donors (Lipinski definition) is 3. The van der Waals surface area contributed by atoms with E-state index in [2.05, 4.69) is 20.9 Å². The van der Waals surface area contributed by atoms with Crippen LogP contribution in [0.1, 0.15) is 49.8 Å². The number of ether oxygens (including phenoxy) is 4. The summed E-state index contributed by atoms with van der Waals surface area (Å²) >= 11 is 0. The molecule has 11 heteroatoms. The Morgan fingerprint density at radius 3 is 2.47 bits per heavy atom. The summed E-state index contributed by atoms with van der Waals surface area (Å²) in [7, 11) is 4.70. The summed E-state index contributed by atoms with van der Waals surface area (Å²) in [5, 5.41) is 9.22. The Balaban J connectivity index is 1.48. The average Bonchev–Trinajstić information content (AvgIpc) is 3.25. The Morgan fingerprint density at radius 2 is 1.77 bits per heavy atom. The van der Waals surface area contributed by atoms with E-state index in [1.807, 2.05) is 12.1 Å². The normalized spacial score (nSPS) is 16.2. The average molecular weight is 597 g/mol. The molecule has 2 aromatic carbocycles. The Hall–Kier alpha value is -3.83. The first kappa shape index (κ1) is 32.1. The molecule has 11 nitrogen and oxygen atoms in total. The van der Waals surface area contributed by atoms with Crippen LogP contribution in [0.15, 0.2) is 29.1 Å². The van der Waals surface area contributed by atoms with Crippen LogP contribution in [0.3, 0.4) is 0 Å². The van der Waals surface area contributed by atoms with Crippen molar-refractivity contribution in [2.24, 2.45) is 0 Å². The van der Waals surface area contributed by atoms with Crippen LogP contribution in [-0.4, -0.2) is 84.0 Å². The van der Waals surface area contributed by atoms with E-state index in [0.717, 1.165) is 56.0 Å². The van der Waals surface area contributed by atoms with Gasteiger partial charge >= 0.3 is 0 Å². The molecule has 2 aliphatic rings. The van der Waals surface area contributed by atoms with Crippen molar-refractivity contribution < 1.29 is 28.5 Å². The van der Waals surface area contributed by atoms with E-state index in [0.29, 0.717) is 67.3 Å². The van der Waals surface area contributed by atoms with E-state index in [4.69, 9.17) is 18.9 Å². The standard InChI is InChI=1S/C32H44N4O7/c1-21(37)35-25-10-8-22-19-28(40-2)31(41-3)32(42-4)30(22)23-9-11-26(27(38)20-24(23)25)33-12-5-7-29(39)34-13-6-14-36-15-17-43-18-16-36/h9,11,19-20,25H,5-8,10,12-18H2,1-4H3,(H,33,38)(H,34,39)(H,35,37)/t25-/m1/s1. The number of anilines is 1. The molecule has 0 spiro atoms. The first-order valence-electron chi connectivity index (χ1n) is 14.9. The highest BCUT2D eigenvalue weighted by Gasteiger charge is 2.29. The maximum atomic E-state index is 13.4. The fraction of sp³-hybridized carbons (Fsp3) is 0.531. The molecule has 0 unspecified atom stereocenters. The SMILES string of the molecule is COc1cc2c(c(OC)c1OC)-c1ccc(NCCCC(=O)NCCCN3CCOCC3)c(=O)cc1[C@H](NC(C)=O)CC2. The molecule has 0 saturated carbocycles. The van der Waals surface area contributed by atoms with Gasteiger partial charge in [-0.3, -0.25) is 19.3 Å². The van der Waals surface area contributed by atoms with Crippen LogP contribution in [0.5, 0.6) is 17.2 Å². The Labute approximate surface area is 253 Å². The monoisotopic (exact) mass is 596 g/mol. The number of methoxy groups -OCH3 is 3. The Bertz CT molecular complexity index is 1340. The number of benzene rings is 1. The molecule has 1 heterocycles. The molecule has 1 atom stereocenters. The minimum atomic E-state index is -0.374. The first-order valence-corrected chi connectivity index (χ1v) is 14.9. The summed E-state index contributed by atoms with van der Waals surface area (Å²) < 4.78 is 22.4. The van der Waals surface area contributed by atoms with E-state index in [9.17, 15) is 14.4 Å². The van der Waals surface area contributed by atoms with E-state index < -0.39 is 0 Å². The van der Waals surface area contributed by atoms with Gasteiger partial charge in [-0.15, -0.1) is 0 Å². The molecule has 43 heavy (non-hydrogen) atoms. The predicted molar refractivity (Wildman–Crippen MR) is 165 cm³/mol. The first-order chi connectivity index (χ1) is 20.9. The quantitative estimate of drug-likeness (QED) is 0.299. The van der Waals surface area contributed by atoms with Crippen LogP contribution in [0, 0.1) is 0 Å². The Morgan fingerprint density at radius 1 is 1.00 bits per heavy atom. The largest absolute Gasteiger partial charge is 0.493 e. The van der Waals surface area contributed by atoms with Gasteiger partial charge in [0, 0.05) is 45.1 Å². The van der Waals surface area contributed by atoms with Gasteiger partial charge < -0.3 is 34.9 Å². The molecule has 0 bridgehead atoms. The van der Waals surface area contributed by atoms with E-state index >= 15 is 0 Å². The van der Waals surface area contributed by atoms with Crippen molar-refractivity contribution in [3.05, 3.63) is 45.6 Å². The summed E-state index contributed by atoms with van der Waals surface area (Å²) in [6, 6.07) is 6.78. The van der Waals surface area contributed by atoms with Gasteiger partial charge in [-0.05, 0) is 67.1 Å². The lowest BCUT2D eigenvalue weighted by Crippen LogP contribution is -2.38. The van der Waals surface area contributed by atoms with Gasteiger partial charge in [0.2, 0.25) is 23.0 Å². The summed E-state index contributed by atoms with van der Waals surface area (Å²) in [4.78, 5) is 40.2. The van der Waals surface area contributed by atoms with Crippen LogP contribution in [0.25, 0.3) is 11.1 Å². The number of aryl methyl sites for hydroxylation is 1. The molecule has 2 aromatic rings. The molecule has 1 saturated heterocycles. The second-order valence-corrected chi connectivity index (χ2v) is 10.8. The number of carbonyl (C=O) groups excluding carboxylic acids is 2. The molecule has 234 valence electrons. The van der Waals surface area contributed by atoms with Crippen molar-refractivity contribution in [2.45, 2.75) is 45.1 Å². The fourth-order valence-electron chi connectivity index (χ4n) is 5.77. The van der Waals surface area contributed by atoms with Crippen LogP contribution in [-0.2, 0) is 20.7 Å². The van der Waals surface area contributed by atoms with Gasteiger partial charge in [0.25, 0.3) is 0 Å². The smallest absolute Gasteiger partial charge is 0.220 e. The third-order valence-corrected chi connectivity index (χ3v) is 7.89. The lowest BCUT2D eigenvalue weighted by atomic mass is 9.95. The van der Waals surface area contributed by atoms with E-state index in [1.165, 1.54) is 6.92 Å². The van der Waals surface area contributed by atoms with Crippen molar-refractivity contribution in [3.63, 3.8) is 0 Å². The fourth-order valence-corrected chi connectivity index (χ4v) is 5.77. The molecule has 4 rings (SSSR count). The van der Waals surface area contributed by atoms with Gasteiger partial charge in [0.15, 0.2) is 11.5 Å². The molecule has 3 N–H and O–H groups in total. The number of fused-ring (bicyclic) bond motifs is 3. The molecular weight excluding hydrogens is 552 g/mol. The zero-order valence-electron chi connectivity index (χ0n) is 25.7. The van der Waals surface area contributed by atoms with Gasteiger partial charge in [-0.1, -0.05) is 6.07 Å². The van der Waals surface area contributed by atoms with Crippen molar-refractivity contribution in [1.29, 1.82) is 0 Å². The summed E-state index contributed by atoms with van der Waals surface area (Å²) in [6.45, 7) is 6.96. The molecule has 1 aliphatic carbocycles. The predicted octanol–water partition coefficient (Wildman–Crippen LogP) is 2.89. The zero-order valence-corrected chi connectivity index (χ0v) is 25.7. The highest BCUT2D eigenvalue weighted by molar-refractivity contribution is 5.83. The summed E-state index contributed by atoms with van der Waals surface area (Å²) in [5.41, 5.74) is 3.45.